The number of carbonyl (C=O) groups is 3. The van der Waals surface area contributed by atoms with Crippen LogP contribution in [0.3, 0.4) is 0 Å². The number of urea groups is 1. The van der Waals surface area contributed by atoms with E-state index >= 15 is 0 Å². The van der Waals surface area contributed by atoms with Crippen LogP contribution in [0.2, 0.25) is 0 Å². The first kappa shape index (κ1) is 21.8. The van der Waals surface area contributed by atoms with Crippen molar-refractivity contribution in [3.05, 3.63) is 42.0 Å². The number of para-hydroxylation sites is 1. The average Bonchev–Trinajstić information content (AvgIpc) is 3.15. The van der Waals surface area contributed by atoms with Gasteiger partial charge in [-0.1, -0.05) is 36.3 Å². The standard InChI is InChI=1S/C27H34N4O3/c32-24(12-11-22-26(33)31(27(34)28-22)21-8-2-1-3-9-21)30-14-6-7-18-15-19-16-20(25(18)30)17-29-13-5-4-10-23(19)29/h1-3,8-9,15,19-20,22-23,25H,4-7,10-14,16-17H2,(H,28,34)/t19-,20-,22-,23?,25?/m0/s1. The van der Waals surface area contributed by atoms with Crippen molar-refractivity contribution in [2.24, 2.45) is 11.8 Å². The first-order valence-corrected chi connectivity index (χ1v) is 13.0. The molecule has 2 bridgehead atoms. The Balaban J connectivity index is 1.13. The highest BCUT2D eigenvalue weighted by molar-refractivity contribution is 6.21. The summed E-state index contributed by atoms with van der Waals surface area (Å²) in [6.07, 6.45) is 10.4. The number of nitrogens with one attached hydrogen (secondary N) is 1. The molecule has 4 amide bonds. The van der Waals surface area contributed by atoms with E-state index in [9.17, 15) is 14.4 Å². The van der Waals surface area contributed by atoms with Crippen LogP contribution < -0.4 is 10.2 Å². The minimum absolute atomic E-state index is 0.120. The molecule has 0 radical (unpaired) electrons. The van der Waals surface area contributed by atoms with Crippen LogP contribution in [-0.4, -0.2) is 65.4 Å². The van der Waals surface area contributed by atoms with E-state index in [4.69, 9.17) is 0 Å². The topological polar surface area (TPSA) is 73.0 Å². The largest absolute Gasteiger partial charge is 0.336 e. The minimum Gasteiger partial charge on any atom is -0.336 e. The predicted octanol–water partition coefficient (Wildman–Crippen LogP) is 3.31. The number of fused-ring (bicyclic) bond motifs is 6. The molecule has 0 spiro atoms. The van der Waals surface area contributed by atoms with Gasteiger partial charge in [0.05, 0.1) is 11.7 Å². The van der Waals surface area contributed by atoms with Crippen molar-refractivity contribution in [3.8, 4) is 0 Å². The van der Waals surface area contributed by atoms with Gasteiger partial charge in [-0.3, -0.25) is 14.5 Å². The molecule has 180 valence electrons. The molecule has 4 heterocycles. The van der Waals surface area contributed by atoms with Crippen LogP contribution in [0.25, 0.3) is 0 Å². The summed E-state index contributed by atoms with van der Waals surface area (Å²) >= 11 is 0. The lowest BCUT2D eigenvalue weighted by molar-refractivity contribution is -0.136. The van der Waals surface area contributed by atoms with E-state index in [1.54, 1.807) is 24.3 Å². The number of hydrogen-bond donors (Lipinski definition) is 1. The molecule has 0 aromatic heterocycles. The number of piperidine rings is 3. The van der Waals surface area contributed by atoms with Gasteiger partial charge in [-0.15, -0.1) is 0 Å². The van der Waals surface area contributed by atoms with Gasteiger partial charge in [0.15, 0.2) is 0 Å². The van der Waals surface area contributed by atoms with E-state index in [-0.39, 0.29) is 24.3 Å². The lowest BCUT2D eigenvalue weighted by Crippen LogP contribution is -2.60. The summed E-state index contributed by atoms with van der Waals surface area (Å²) in [5.41, 5.74) is 2.04. The third-order valence-electron chi connectivity index (χ3n) is 8.66. The van der Waals surface area contributed by atoms with Crippen molar-refractivity contribution >= 4 is 23.5 Å². The maximum atomic E-state index is 13.4. The fourth-order valence-electron chi connectivity index (χ4n) is 7.21. The van der Waals surface area contributed by atoms with Gasteiger partial charge in [-0.05, 0) is 69.0 Å². The molecular weight excluding hydrogens is 428 g/mol. The smallest absolute Gasteiger partial charge is 0.329 e. The van der Waals surface area contributed by atoms with Gasteiger partial charge >= 0.3 is 6.03 Å². The summed E-state index contributed by atoms with van der Waals surface area (Å²) in [6.45, 7) is 3.10. The molecule has 34 heavy (non-hydrogen) atoms. The van der Waals surface area contributed by atoms with Crippen molar-refractivity contribution in [1.29, 1.82) is 0 Å². The predicted molar refractivity (Wildman–Crippen MR) is 129 cm³/mol. The van der Waals surface area contributed by atoms with Crippen molar-refractivity contribution in [3.63, 3.8) is 0 Å². The van der Waals surface area contributed by atoms with Crippen LogP contribution in [0.4, 0.5) is 10.5 Å². The molecule has 5 atom stereocenters. The van der Waals surface area contributed by atoms with Crippen LogP contribution in [0.15, 0.2) is 42.0 Å². The molecule has 7 nitrogen and oxygen atoms in total. The molecule has 4 aliphatic heterocycles. The maximum absolute atomic E-state index is 13.4. The zero-order valence-corrected chi connectivity index (χ0v) is 19.7. The number of anilines is 1. The second kappa shape index (κ2) is 8.84. The fourth-order valence-corrected chi connectivity index (χ4v) is 7.21. The van der Waals surface area contributed by atoms with Crippen molar-refractivity contribution in [1.82, 2.24) is 15.1 Å². The highest BCUT2D eigenvalue weighted by Crippen LogP contribution is 2.45. The average molecular weight is 463 g/mol. The Morgan fingerprint density at radius 2 is 1.91 bits per heavy atom. The van der Waals surface area contributed by atoms with Crippen molar-refractivity contribution < 1.29 is 14.4 Å². The number of benzene rings is 1. The zero-order chi connectivity index (χ0) is 23.2. The van der Waals surface area contributed by atoms with E-state index in [1.165, 1.54) is 42.7 Å². The summed E-state index contributed by atoms with van der Waals surface area (Å²) in [5, 5.41) is 2.78. The molecule has 1 aromatic rings. The summed E-state index contributed by atoms with van der Waals surface area (Å²) in [6, 6.07) is 8.83. The van der Waals surface area contributed by atoms with E-state index in [0.717, 1.165) is 25.9 Å². The Bertz CT molecular complexity index is 1010. The number of amides is 4. The third-order valence-corrected chi connectivity index (χ3v) is 8.66. The summed E-state index contributed by atoms with van der Waals surface area (Å²) in [5.74, 6) is 1.02. The number of nitrogens with zero attached hydrogens (tertiary/aromatic N) is 3. The Hall–Kier alpha value is -2.67. The molecule has 0 saturated carbocycles. The molecule has 1 aromatic carbocycles. The highest BCUT2D eigenvalue weighted by atomic mass is 16.2. The summed E-state index contributed by atoms with van der Waals surface area (Å²) < 4.78 is 0. The van der Waals surface area contributed by atoms with E-state index in [0.29, 0.717) is 30.0 Å². The lowest BCUT2D eigenvalue weighted by Gasteiger charge is -2.54. The minimum atomic E-state index is -0.643. The van der Waals surface area contributed by atoms with E-state index < -0.39 is 12.1 Å². The zero-order valence-electron chi connectivity index (χ0n) is 19.7. The van der Waals surface area contributed by atoms with Gasteiger partial charge in [0.1, 0.15) is 6.04 Å². The van der Waals surface area contributed by atoms with Gasteiger partial charge in [0.2, 0.25) is 5.91 Å². The summed E-state index contributed by atoms with van der Waals surface area (Å²) in [4.78, 5) is 44.8. The van der Waals surface area contributed by atoms with Gasteiger partial charge in [0.25, 0.3) is 5.91 Å². The van der Waals surface area contributed by atoms with E-state index in [1.807, 2.05) is 6.07 Å². The highest BCUT2D eigenvalue weighted by Gasteiger charge is 2.47. The molecule has 5 aliphatic rings. The molecule has 7 heteroatoms. The first-order chi connectivity index (χ1) is 16.6. The molecule has 2 unspecified atom stereocenters. The summed E-state index contributed by atoms with van der Waals surface area (Å²) in [7, 11) is 0. The number of rotatable bonds is 4. The lowest BCUT2D eigenvalue weighted by atomic mass is 9.68. The SMILES string of the molecule is O=C1N[C@@H](CCC(=O)N2CCCC3=C[C@H]4C[C@@H](CN5CCCCC45)C32)C(=O)N1c1ccccc1. The second-order valence-electron chi connectivity index (χ2n) is 10.6. The maximum Gasteiger partial charge on any atom is 0.329 e. The Morgan fingerprint density at radius 3 is 2.76 bits per heavy atom. The van der Waals surface area contributed by atoms with Gasteiger partial charge in [-0.25, -0.2) is 9.69 Å². The second-order valence-corrected chi connectivity index (χ2v) is 10.6. The third kappa shape index (κ3) is 3.74. The number of imide groups is 1. The van der Waals surface area contributed by atoms with Gasteiger partial charge < -0.3 is 10.2 Å². The normalized spacial score (nSPS) is 33.2. The fraction of sp³-hybridized carbons (Fsp3) is 0.593. The molecular formula is C27H34N4O3. The number of likely N-dealkylation sites (tertiary alicyclic amines) is 1. The van der Waals surface area contributed by atoms with Crippen LogP contribution in [0, 0.1) is 11.8 Å². The van der Waals surface area contributed by atoms with E-state index in [2.05, 4.69) is 21.2 Å². The first-order valence-electron chi connectivity index (χ1n) is 13.0. The molecule has 1 N–H and O–H groups in total. The van der Waals surface area contributed by atoms with Crippen LogP contribution in [0.1, 0.15) is 51.4 Å². The van der Waals surface area contributed by atoms with Crippen LogP contribution in [-0.2, 0) is 9.59 Å². The molecule has 4 fully saturated rings. The number of hydrogen-bond acceptors (Lipinski definition) is 4. The molecule has 6 rings (SSSR count). The Morgan fingerprint density at radius 1 is 1.06 bits per heavy atom. The van der Waals surface area contributed by atoms with Crippen LogP contribution >= 0.6 is 0 Å². The van der Waals surface area contributed by atoms with Crippen LogP contribution in [0.5, 0.6) is 0 Å². The number of carbonyl (C=O) groups excluding carboxylic acids is 3. The van der Waals surface area contributed by atoms with Crippen molar-refractivity contribution in [2.75, 3.05) is 24.5 Å². The van der Waals surface area contributed by atoms with Gasteiger partial charge in [-0.2, -0.15) is 0 Å². The quantitative estimate of drug-likeness (QED) is 0.550. The monoisotopic (exact) mass is 462 g/mol. The Kier molecular flexibility index (Phi) is 5.68. The molecule has 1 aliphatic carbocycles. The Labute approximate surface area is 201 Å². The van der Waals surface area contributed by atoms with Crippen molar-refractivity contribution in [2.45, 2.75) is 69.5 Å². The molecule has 4 saturated heterocycles. The van der Waals surface area contributed by atoms with Gasteiger partial charge in [0, 0.05) is 25.6 Å².